The SMILES string of the molecule is Cc1nnc(N2C(=O)C(=O)C(=C(O)c3ccc4c(c3)C[C@H](C)O4)[C@H]2c2ccccc2)s1. The number of benzene rings is 2. The molecule has 1 saturated heterocycles. The number of Topliss-reactive ketones (excluding diaryl/α,β-unsaturated/α-hetero) is 1. The molecule has 31 heavy (non-hydrogen) atoms. The maximum atomic E-state index is 13.1. The molecule has 2 aromatic carbocycles. The molecule has 7 nitrogen and oxygen atoms in total. The van der Waals surface area contributed by atoms with E-state index in [1.54, 1.807) is 19.1 Å². The molecule has 8 heteroatoms. The van der Waals surface area contributed by atoms with Gasteiger partial charge in [0.2, 0.25) is 5.13 Å². The molecule has 2 atom stereocenters. The van der Waals surface area contributed by atoms with Crippen molar-refractivity contribution in [1.82, 2.24) is 10.2 Å². The summed E-state index contributed by atoms with van der Waals surface area (Å²) in [4.78, 5) is 27.5. The Morgan fingerprint density at radius 1 is 1.16 bits per heavy atom. The molecule has 0 radical (unpaired) electrons. The number of amides is 1. The topological polar surface area (TPSA) is 92.6 Å². The molecule has 3 heterocycles. The lowest BCUT2D eigenvalue weighted by Gasteiger charge is -2.22. The van der Waals surface area contributed by atoms with Crippen LogP contribution in [0.2, 0.25) is 0 Å². The van der Waals surface area contributed by atoms with Crippen LogP contribution in [-0.2, 0) is 16.0 Å². The number of carbonyl (C=O) groups excluding carboxylic acids is 2. The van der Waals surface area contributed by atoms with Crippen LogP contribution in [0.1, 0.15) is 34.7 Å². The molecule has 1 amide bonds. The molecule has 0 bridgehead atoms. The molecule has 156 valence electrons. The number of aromatic nitrogens is 2. The van der Waals surface area contributed by atoms with Gasteiger partial charge in [0.05, 0.1) is 11.6 Å². The Morgan fingerprint density at radius 2 is 1.94 bits per heavy atom. The average molecular weight is 433 g/mol. The number of carbonyl (C=O) groups is 2. The molecule has 5 rings (SSSR count). The van der Waals surface area contributed by atoms with Crippen molar-refractivity contribution in [3.05, 3.63) is 75.8 Å². The Bertz CT molecular complexity index is 1230. The van der Waals surface area contributed by atoms with Crippen molar-refractivity contribution in [3.8, 4) is 5.75 Å². The highest BCUT2D eigenvalue weighted by Gasteiger charge is 2.48. The van der Waals surface area contributed by atoms with E-state index in [9.17, 15) is 14.7 Å². The summed E-state index contributed by atoms with van der Waals surface area (Å²) in [6.07, 6.45) is 0.777. The second-order valence-electron chi connectivity index (χ2n) is 7.64. The van der Waals surface area contributed by atoms with Crippen LogP contribution in [0.15, 0.2) is 54.1 Å². The lowest BCUT2D eigenvalue weighted by Crippen LogP contribution is -2.29. The van der Waals surface area contributed by atoms with Crippen LogP contribution in [0.5, 0.6) is 5.75 Å². The molecule has 1 aromatic heterocycles. The Hall–Kier alpha value is -3.52. The highest BCUT2D eigenvalue weighted by Crippen LogP contribution is 2.43. The summed E-state index contributed by atoms with van der Waals surface area (Å²) in [5, 5.41) is 20.3. The van der Waals surface area contributed by atoms with Crippen LogP contribution in [0.25, 0.3) is 5.76 Å². The third-order valence-corrected chi connectivity index (χ3v) is 6.29. The summed E-state index contributed by atoms with van der Waals surface area (Å²) >= 11 is 1.23. The van der Waals surface area contributed by atoms with Crippen LogP contribution in [0, 0.1) is 6.92 Å². The molecule has 0 unspecified atom stereocenters. The van der Waals surface area contributed by atoms with Gasteiger partial charge in [0.1, 0.15) is 22.6 Å². The number of hydrogen-bond donors (Lipinski definition) is 1. The van der Waals surface area contributed by atoms with Gasteiger partial charge in [-0.2, -0.15) is 0 Å². The Labute approximate surface area is 182 Å². The summed E-state index contributed by atoms with van der Waals surface area (Å²) in [5.41, 5.74) is 2.18. The van der Waals surface area contributed by atoms with Crippen LogP contribution >= 0.6 is 11.3 Å². The van der Waals surface area contributed by atoms with Crippen molar-refractivity contribution < 1.29 is 19.4 Å². The predicted molar refractivity (Wildman–Crippen MR) is 116 cm³/mol. The highest BCUT2D eigenvalue weighted by molar-refractivity contribution is 7.15. The Morgan fingerprint density at radius 3 is 2.65 bits per heavy atom. The second-order valence-corrected chi connectivity index (χ2v) is 8.80. The molecule has 0 spiro atoms. The van der Waals surface area contributed by atoms with E-state index in [2.05, 4.69) is 10.2 Å². The third-order valence-electron chi connectivity index (χ3n) is 5.45. The molecule has 0 aliphatic carbocycles. The van der Waals surface area contributed by atoms with E-state index in [0.29, 0.717) is 21.3 Å². The molecule has 2 aliphatic rings. The molecular weight excluding hydrogens is 414 g/mol. The summed E-state index contributed by atoms with van der Waals surface area (Å²) in [6, 6.07) is 13.7. The first-order valence-corrected chi connectivity index (χ1v) is 10.7. The maximum absolute atomic E-state index is 13.1. The monoisotopic (exact) mass is 433 g/mol. The highest BCUT2D eigenvalue weighted by atomic mass is 32.1. The number of aliphatic hydroxyl groups is 1. The zero-order chi connectivity index (χ0) is 21.7. The van der Waals surface area contributed by atoms with E-state index in [-0.39, 0.29) is 17.4 Å². The molecular formula is C23H19N3O4S. The number of aliphatic hydroxyl groups excluding tert-OH is 1. The zero-order valence-electron chi connectivity index (χ0n) is 16.9. The van der Waals surface area contributed by atoms with Gasteiger partial charge in [-0.1, -0.05) is 41.7 Å². The zero-order valence-corrected chi connectivity index (χ0v) is 17.7. The first-order chi connectivity index (χ1) is 14.9. The van der Waals surface area contributed by atoms with Gasteiger partial charge >= 0.3 is 5.91 Å². The van der Waals surface area contributed by atoms with Crippen LogP contribution in [0.4, 0.5) is 5.13 Å². The Kier molecular flexibility index (Phi) is 4.59. The normalized spacial score (nSPS) is 21.9. The van der Waals surface area contributed by atoms with Crippen LogP contribution in [0.3, 0.4) is 0 Å². The average Bonchev–Trinajstić information content (AvgIpc) is 3.43. The largest absolute Gasteiger partial charge is 0.507 e. The number of ketones is 1. The number of anilines is 1. The lowest BCUT2D eigenvalue weighted by atomic mass is 9.94. The van der Waals surface area contributed by atoms with E-state index in [1.165, 1.54) is 16.2 Å². The number of nitrogens with zero attached hydrogens (tertiary/aromatic N) is 3. The maximum Gasteiger partial charge on any atom is 0.301 e. The van der Waals surface area contributed by atoms with Crippen molar-refractivity contribution >= 4 is 33.9 Å². The minimum absolute atomic E-state index is 0.0379. The van der Waals surface area contributed by atoms with Gasteiger partial charge in [0.25, 0.3) is 5.78 Å². The summed E-state index contributed by atoms with van der Waals surface area (Å²) in [5.74, 6) is -0.916. The fourth-order valence-corrected chi connectivity index (χ4v) is 4.80. The predicted octanol–water partition coefficient (Wildman–Crippen LogP) is 3.80. The standard InChI is InChI=1S/C23H19N3O4S/c1-12-10-16-11-15(8-9-17(16)30-12)20(27)18-19(14-6-4-3-5-7-14)26(22(29)21(18)28)23-25-24-13(2)31-23/h3-9,11-12,19,27H,10H2,1-2H3/t12-,19+/m0/s1. The molecule has 1 N–H and O–H groups in total. The van der Waals surface area contributed by atoms with Crippen LogP contribution in [-0.4, -0.2) is 33.1 Å². The van der Waals surface area contributed by atoms with Gasteiger partial charge in [-0.25, -0.2) is 0 Å². The van der Waals surface area contributed by atoms with E-state index in [4.69, 9.17) is 4.74 Å². The van der Waals surface area contributed by atoms with Gasteiger partial charge in [-0.15, -0.1) is 10.2 Å². The summed E-state index contributed by atoms with van der Waals surface area (Å²) < 4.78 is 5.73. The molecule has 2 aliphatic heterocycles. The number of hydrogen-bond acceptors (Lipinski definition) is 7. The fourth-order valence-electron chi connectivity index (χ4n) is 4.09. The number of ether oxygens (including phenoxy) is 1. The summed E-state index contributed by atoms with van der Waals surface area (Å²) in [7, 11) is 0. The van der Waals surface area contributed by atoms with Gasteiger partial charge in [0, 0.05) is 12.0 Å². The van der Waals surface area contributed by atoms with Crippen molar-refractivity contribution in [2.45, 2.75) is 32.4 Å². The minimum Gasteiger partial charge on any atom is -0.507 e. The minimum atomic E-state index is -0.794. The molecule has 1 fully saturated rings. The van der Waals surface area contributed by atoms with Crippen molar-refractivity contribution in [3.63, 3.8) is 0 Å². The third kappa shape index (κ3) is 3.19. The van der Waals surface area contributed by atoms with E-state index in [1.807, 2.05) is 43.3 Å². The van der Waals surface area contributed by atoms with Gasteiger partial charge in [-0.3, -0.25) is 14.5 Å². The van der Waals surface area contributed by atoms with Gasteiger partial charge in [-0.05, 0) is 43.2 Å². The first kappa shape index (κ1) is 19.4. The smallest absolute Gasteiger partial charge is 0.301 e. The summed E-state index contributed by atoms with van der Waals surface area (Å²) in [6.45, 7) is 3.76. The Balaban J connectivity index is 1.68. The van der Waals surface area contributed by atoms with Crippen molar-refractivity contribution in [2.75, 3.05) is 4.90 Å². The van der Waals surface area contributed by atoms with E-state index < -0.39 is 17.7 Å². The van der Waals surface area contributed by atoms with Gasteiger partial charge < -0.3 is 9.84 Å². The van der Waals surface area contributed by atoms with Crippen molar-refractivity contribution in [1.29, 1.82) is 0 Å². The first-order valence-electron chi connectivity index (χ1n) is 9.90. The van der Waals surface area contributed by atoms with Gasteiger partial charge in [0.15, 0.2) is 0 Å². The quantitative estimate of drug-likeness (QED) is 0.384. The molecule has 0 saturated carbocycles. The van der Waals surface area contributed by atoms with Crippen LogP contribution < -0.4 is 9.64 Å². The van der Waals surface area contributed by atoms with Crippen molar-refractivity contribution in [2.24, 2.45) is 0 Å². The molecule has 3 aromatic rings. The van der Waals surface area contributed by atoms with E-state index in [0.717, 1.165) is 17.7 Å². The number of fused-ring (bicyclic) bond motifs is 1. The second kappa shape index (κ2) is 7.31. The lowest BCUT2D eigenvalue weighted by molar-refractivity contribution is -0.132. The fraction of sp³-hybridized carbons (Fsp3) is 0.217. The number of aryl methyl sites for hydroxylation is 1. The number of rotatable bonds is 3. The van der Waals surface area contributed by atoms with E-state index >= 15 is 0 Å².